The summed E-state index contributed by atoms with van der Waals surface area (Å²) in [6, 6.07) is 16.2. The highest BCUT2D eigenvalue weighted by Gasteiger charge is 2.24. The van der Waals surface area contributed by atoms with Crippen LogP contribution in [-0.2, 0) is 0 Å². The molecule has 3 rings (SSSR count). The van der Waals surface area contributed by atoms with Gasteiger partial charge in [0.1, 0.15) is 5.75 Å². The smallest absolute Gasteiger partial charge is 0.251 e. The standard InChI is InChI=1S/C23H30N2O2/c1-17(2)27-21-12-10-20(11-13-21)23(26)24-16-22(25-14-4-5-15-25)19-8-6-18(3)7-9-19/h6-13,17,22H,4-5,14-16H2,1-3H3,(H,24,26)/t22-/m1/s1. The molecule has 1 N–H and O–H groups in total. The van der Waals surface area contributed by atoms with E-state index in [9.17, 15) is 4.79 Å². The van der Waals surface area contributed by atoms with Gasteiger partial charge in [-0.3, -0.25) is 9.69 Å². The van der Waals surface area contributed by atoms with Crippen LogP contribution in [0.5, 0.6) is 5.75 Å². The molecular weight excluding hydrogens is 336 g/mol. The molecule has 1 atom stereocenters. The van der Waals surface area contributed by atoms with Crippen LogP contribution in [0.25, 0.3) is 0 Å². The minimum absolute atomic E-state index is 0.0394. The Morgan fingerprint density at radius 1 is 1.04 bits per heavy atom. The lowest BCUT2D eigenvalue weighted by atomic mass is 10.0. The third kappa shape index (κ3) is 5.33. The third-order valence-electron chi connectivity index (χ3n) is 4.99. The molecular formula is C23H30N2O2. The van der Waals surface area contributed by atoms with Crippen molar-refractivity contribution in [3.05, 3.63) is 65.2 Å². The summed E-state index contributed by atoms with van der Waals surface area (Å²) < 4.78 is 5.64. The molecule has 4 heteroatoms. The van der Waals surface area contributed by atoms with Gasteiger partial charge in [-0.25, -0.2) is 0 Å². The van der Waals surface area contributed by atoms with E-state index >= 15 is 0 Å². The van der Waals surface area contributed by atoms with E-state index in [2.05, 4.69) is 41.4 Å². The molecule has 1 aliphatic heterocycles. The van der Waals surface area contributed by atoms with Gasteiger partial charge in [0, 0.05) is 12.1 Å². The van der Waals surface area contributed by atoms with Crippen LogP contribution in [0, 0.1) is 6.92 Å². The predicted molar refractivity (Wildman–Crippen MR) is 109 cm³/mol. The summed E-state index contributed by atoms with van der Waals surface area (Å²) in [5.41, 5.74) is 3.19. The number of rotatable bonds is 7. The number of hydrogen-bond acceptors (Lipinski definition) is 3. The minimum atomic E-state index is -0.0394. The van der Waals surface area contributed by atoms with Crippen LogP contribution in [0.2, 0.25) is 0 Å². The summed E-state index contributed by atoms with van der Waals surface area (Å²) >= 11 is 0. The van der Waals surface area contributed by atoms with Gasteiger partial charge in [-0.2, -0.15) is 0 Å². The predicted octanol–water partition coefficient (Wildman–Crippen LogP) is 4.35. The molecule has 0 spiro atoms. The molecule has 0 saturated carbocycles. The first kappa shape index (κ1) is 19.4. The van der Waals surface area contributed by atoms with Crippen LogP contribution >= 0.6 is 0 Å². The maximum Gasteiger partial charge on any atom is 0.251 e. The van der Waals surface area contributed by atoms with E-state index in [1.165, 1.54) is 24.0 Å². The first-order valence-electron chi connectivity index (χ1n) is 9.88. The molecule has 1 saturated heterocycles. The molecule has 0 aliphatic carbocycles. The highest BCUT2D eigenvalue weighted by Crippen LogP contribution is 2.25. The van der Waals surface area contributed by atoms with Gasteiger partial charge in [-0.1, -0.05) is 29.8 Å². The van der Waals surface area contributed by atoms with Crippen molar-refractivity contribution in [3.63, 3.8) is 0 Å². The molecule has 1 fully saturated rings. The zero-order valence-electron chi connectivity index (χ0n) is 16.6. The molecule has 2 aromatic rings. The number of likely N-dealkylation sites (tertiary alicyclic amines) is 1. The van der Waals surface area contributed by atoms with Crippen LogP contribution in [0.15, 0.2) is 48.5 Å². The molecule has 1 heterocycles. The largest absolute Gasteiger partial charge is 0.491 e. The zero-order chi connectivity index (χ0) is 19.2. The number of carbonyl (C=O) groups excluding carboxylic acids is 1. The van der Waals surface area contributed by atoms with Crippen molar-refractivity contribution in [2.24, 2.45) is 0 Å². The van der Waals surface area contributed by atoms with E-state index in [-0.39, 0.29) is 18.1 Å². The van der Waals surface area contributed by atoms with E-state index in [1.807, 2.05) is 38.1 Å². The van der Waals surface area contributed by atoms with Crippen molar-refractivity contribution < 1.29 is 9.53 Å². The van der Waals surface area contributed by atoms with Crippen molar-refractivity contribution >= 4 is 5.91 Å². The van der Waals surface area contributed by atoms with Crippen LogP contribution in [0.1, 0.15) is 54.2 Å². The number of nitrogens with one attached hydrogen (secondary N) is 1. The zero-order valence-corrected chi connectivity index (χ0v) is 16.6. The fourth-order valence-electron chi connectivity index (χ4n) is 3.55. The van der Waals surface area contributed by atoms with Gasteiger partial charge < -0.3 is 10.1 Å². The molecule has 0 aromatic heterocycles. The molecule has 144 valence electrons. The Balaban J connectivity index is 1.65. The molecule has 1 amide bonds. The Hall–Kier alpha value is -2.33. The lowest BCUT2D eigenvalue weighted by molar-refractivity contribution is 0.0938. The van der Waals surface area contributed by atoms with E-state index < -0.39 is 0 Å². The second kappa shape index (κ2) is 9.05. The Morgan fingerprint density at radius 2 is 1.67 bits per heavy atom. The summed E-state index contributed by atoms with van der Waals surface area (Å²) in [5.74, 6) is 0.749. The Bertz CT molecular complexity index is 732. The number of aryl methyl sites for hydroxylation is 1. The number of nitrogens with zero attached hydrogens (tertiary/aromatic N) is 1. The van der Waals surface area contributed by atoms with Gasteiger partial charge >= 0.3 is 0 Å². The van der Waals surface area contributed by atoms with Gasteiger partial charge in [0.15, 0.2) is 0 Å². The third-order valence-corrected chi connectivity index (χ3v) is 4.99. The summed E-state index contributed by atoms with van der Waals surface area (Å²) in [4.78, 5) is 15.1. The highest BCUT2D eigenvalue weighted by atomic mass is 16.5. The minimum Gasteiger partial charge on any atom is -0.491 e. The second-order valence-corrected chi connectivity index (χ2v) is 7.57. The molecule has 4 nitrogen and oxygen atoms in total. The van der Waals surface area contributed by atoms with Crippen molar-refractivity contribution in [1.82, 2.24) is 10.2 Å². The average molecular weight is 367 g/mol. The van der Waals surface area contributed by atoms with Gasteiger partial charge in [-0.15, -0.1) is 0 Å². The van der Waals surface area contributed by atoms with E-state index in [4.69, 9.17) is 4.74 Å². The van der Waals surface area contributed by atoms with Gasteiger partial charge in [0.25, 0.3) is 5.91 Å². The van der Waals surface area contributed by atoms with Crippen molar-refractivity contribution in [3.8, 4) is 5.75 Å². The highest BCUT2D eigenvalue weighted by molar-refractivity contribution is 5.94. The number of benzene rings is 2. The van der Waals surface area contributed by atoms with Gasteiger partial charge in [-0.05, 0) is 76.5 Å². The molecule has 0 bridgehead atoms. The Kier molecular flexibility index (Phi) is 6.51. The van der Waals surface area contributed by atoms with Gasteiger partial charge in [0.2, 0.25) is 0 Å². The number of ether oxygens (including phenoxy) is 1. The summed E-state index contributed by atoms with van der Waals surface area (Å²) in [5, 5.41) is 3.13. The van der Waals surface area contributed by atoms with E-state index in [0.29, 0.717) is 12.1 Å². The van der Waals surface area contributed by atoms with Crippen molar-refractivity contribution in [2.75, 3.05) is 19.6 Å². The van der Waals surface area contributed by atoms with E-state index in [1.54, 1.807) is 0 Å². The van der Waals surface area contributed by atoms with Crippen molar-refractivity contribution in [2.45, 2.75) is 45.8 Å². The van der Waals surface area contributed by atoms with Crippen LogP contribution in [0.3, 0.4) is 0 Å². The fraction of sp³-hybridized carbons (Fsp3) is 0.435. The maximum absolute atomic E-state index is 12.6. The monoisotopic (exact) mass is 366 g/mol. The molecule has 1 aliphatic rings. The van der Waals surface area contributed by atoms with Crippen LogP contribution in [0.4, 0.5) is 0 Å². The molecule has 2 aromatic carbocycles. The second-order valence-electron chi connectivity index (χ2n) is 7.57. The fourth-order valence-corrected chi connectivity index (χ4v) is 3.55. The first-order chi connectivity index (χ1) is 13.0. The topological polar surface area (TPSA) is 41.6 Å². The molecule has 27 heavy (non-hydrogen) atoms. The van der Waals surface area contributed by atoms with Crippen LogP contribution < -0.4 is 10.1 Å². The number of amides is 1. The molecule has 0 radical (unpaired) electrons. The molecule has 0 unspecified atom stereocenters. The summed E-state index contributed by atoms with van der Waals surface area (Å²) in [6.07, 6.45) is 2.58. The lowest BCUT2D eigenvalue weighted by Crippen LogP contribution is -2.36. The van der Waals surface area contributed by atoms with E-state index in [0.717, 1.165) is 18.8 Å². The summed E-state index contributed by atoms with van der Waals surface area (Å²) in [6.45, 7) is 8.88. The summed E-state index contributed by atoms with van der Waals surface area (Å²) in [7, 11) is 0. The number of hydrogen-bond donors (Lipinski definition) is 1. The van der Waals surface area contributed by atoms with Gasteiger partial charge in [0.05, 0.1) is 12.1 Å². The number of carbonyl (C=O) groups is 1. The maximum atomic E-state index is 12.6. The first-order valence-corrected chi connectivity index (χ1v) is 9.88. The van der Waals surface area contributed by atoms with Crippen molar-refractivity contribution in [1.29, 1.82) is 0 Å². The normalized spacial score (nSPS) is 15.7. The average Bonchev–Trinajstić information content (AvgIpc) is 3.18. The SMILES string of the molecule is Cc1ccc([C@@H](CNC(=O)c2ccc(OC(C)C)cc2)N2CCCC2)cc1. The Morgan fingerprint density at radius 3 is 2.26 bits per heavy atom. The Labute approximate surface area is 162 Å². The van der Waals surface area contributed by atoms with Crippen LogP contribution in [-0.4, -0.2) is 36.5 Å². The lowest BCUT2D eigenvalue weighted by Gasteiger charge is -2.28. The quantitative estimate of drug-likeness (QED) is 0.792.